The molecule has 3 amide bonds. The molecule has 0 unspecified atom stereocenters. The van der Waals surface area contributed by atoms with Crippen LogP contribution < -0.4 is 14.8 Å². The van der Waals surface area contributed by atoms with Gasteiger partial charge in [-0.25, -0.2) is 4.79 Å². The minimum absolute atomic E-state index is 0.0221. The minimum Gasteiger partial charge on any atom is -0.493 e. The molecule has 0 saturated carbocycles. The van der Waals surface area contributed by atoms with Crippen LogP contribution in [-0.2, 0) is 11.3 Å². The number of nitrogens with zero attached hydrogens (tertiary/aromatic N) is 2. The number of imide groups is 1. The van der Waals surface area contributed by atoms with Gasteiger partial charge in [0.15, 0.2) is 11.5 Å². The van der Waals surface area contributed by atoms with E-state index in [0.717, 1.165) is 11.3 Å². The first-order valence-corrected chi connectivity index (χ1v) is 10.2. The molecule has 0 radical (unpaired) electrons. The molecule has 9 nitrogen and oxygen atoms in total. The highest BCUT2D eigenvalue weighted by Gasteiger charge is 2.33. The van der Waals surface area contributed by atoms with E-state index < -0.39 is 16.9 Å². The number of nitro groups is 1. The van der Waals surface area contributed by atoms with E-state index in [1.165, 1.54) is 37.5 Å². The second-order valence-electron chi connectivity index (χ2n) is 7.17. The smallest absolute Gasteiger partial charge is 0.329 e. The summed E-state index contributed by atoms with van der Waals surface area (Å²) in [7, 11) is 1.49. The summed E-state index contributed by atoms with van der Waals surface area (Å²) < 4.78 is 11.2. The molecular weight excluding hydrogens is 438 g/mol. The molecule has 1 saturated heterocycles. The van der Waals surface area contributed by atoms with Gasteiger partial charge in [0.2, 0.25) is 0 Å². The molecule has 1 heterocycles. The van der Waals surface area contributed by atoms with Crippen molar-refractivity contribution in [3.05, 3.63) is 68.4 Å². The number of amides is 3. The molecule has 3 rings (SSSR count). The monoisotopic (exact) mass is 459 g/mol. The molecule has 1 aliphatic rings. The van der Waals surface area contributed by atoms with E-state index in [-0.39, 0.29) is 24.0 Å². The summed E-state index contributed by atoms with van der Waals surface area (Å²) in [6.45, 7) is 3.88. The van der Waals surface area contributed by atoms with Gasteiger partial charge in [0.25, 0.3) is 11.6 Å². The Balaban J connectivity index is 1.82. The topological polar surface area (TPSA) is 111 Å². The summed E-state index contributed by atoms with van der Waals surface area (Å²) in [4.78, 5) is 36.4. The predicted octanol–water partition coefficient (Wildman–Crippen LogP) is 4.53. The molecule has 2 aromatic rings. The second-order valence-corrected chi connectivity index (χ2v) is 7.58. The summed E-state index contributed by atoms with van der Waals surface area (Å²) in [6, 6.07) is 8.34. The Morgan fingerprint density at radius 1 is 1.25 bits per heavy atom. The normalized spacial score (nSPS) is 15.6. The number of carbonyl (C=O) groups is 2. The number of hydrogen-bond acceptors (Lipinski definition) is 6. The molecule has 0 spiro atoms. The number of nitrogens with one attached hydrogen (secondary N) is 1. The quantitative estimate of drug-likeness (QED) is 0.269. The van der Waals surface area contributed by atoms with Crippen molar-refractivity contribution in [2.75, 3.05) is 7.11 Å². The lowest BCUT2D eigenvalue weighted by molar-refractivity contribution is -0.384. The van der Waals surface area contributed by atoms with Crippen molar-refractivity contribution in [1.82, 2.24) is 10.2 Å². The highest BCUT2D eigenvalue weighted by molar-refractivity contribution is 6.32. The number of methoxy groups -OCH3 is 1. The van der Waals surface area contributed by atoms with Gasteiger partial charge in [-0.15, -0.1) is 0 Å². The Morgan fingerprint density at radius 3 is 2.53 bits per heavy atom. The first kappa shape index (κ1) is 23.1. The van der Waals surface area contributed by atoms with Crippen molar-refractivity contribution in [3.63, 3.8) is 0 Å². The number of halogens is 1. The molecule has 32 heavy (non-hydrogen) atoms. The van der Waals surface area contributed by atoms with Crippen molar-refractivity contribution < 1.29 is 24.0 Å². The zero-order chi connectivity index (χ0) is 23.4. The minimum atomic E-state index is -0.589. The predicted molar refractivity (Wildman–Crippen MR) is 119 cm³/mol. The van der Waals surface area contributed by atoms with Gasteiger partial charge in [0, 0.05) is 12.1 Å². The first-order chi connectivity index (χ1) is 15.2. The fraction of sp³-hybridized carbons (Fsp3) is 0.273. The van der Waals surface area contributed by atoms with Crippen LogP contribution in [0.3, 0.4) is 0 Å². The number of ether oxygens (including phenoxy) is 2. The zero-order valence-electron chi connectivity index (χ0n) is 17.8. The van der Waals surface area contributed by atoms with Crippen molar-refractivity contribution in [1.29, 1.82) is 0 Å². The van der Waals surface area contributed by atoms with Gasteiger partial charge in [-0.1, -0.05) is 30.7 Å². The van der Waals surface area contributed by atoms with Crippen molar-refractivity contribution in [3.8, 4) is 11.5 Å². The van der Waals surface area contributed by atoms with E-state index in [2.05, 4.69) is 5.32 Å². The van der Waals surface area contributed by atoms with Crippen LogP contribution in [0.2, 0.25) is 5.02 Å². The molecule has 1 atom stereocenters. The molecule has 0 aromatic heterocycles. The lowest BCUT2D eigenvalue weighted by Crippen LogP contribution is -2.30. The lowest BCUT2D eigenvalue weighted by Gasteiger charge is -2.17. The number of benzene rings is 2. The highest BCUT2D eigenvalue weighted by atomic mass is 35.5. The fourth-order valence-electron chi connectivity index (χ4n) is 3.01. The maximum Gasteiger partial charge on any atom is 0.329 e. The van der Waals surface area contributed by atoms with Crippen LogP contribution in [0.25, 0.3) is 6.08 Å². The Hall–Kier alpha value is -3.59. The van der Waals surface area contributed by atoms with Gasteiger partial charge in [-0.2, -0.15) is 0 Å². The Kier molecular flexibility index (Phi) is 6.99. The number of nitro benzene ring substituents is 1. The standard InChI is InChI=1S/C22H22ClN3O6/c1-4-13(2)32-20-17(23)9-15(11-19(20)31-3)10-18-21(27)25(22(28)24-18)12-14-5-7-16(8-6-14)26(29)30/h5-11,13H,4,12H2,1-3H3,(H,24,28)/b18-10-/t13-/m0/s1. The number of rotatable bonds is 8. The maximum atomic E-state index is 12.8. The van der Waals surface area contributed by atoms with E-state index in [0.29, 0.717) is 27.6 Å². The number of carbonyl (C=O) groups excluding carboxylic acids is 2. The fourth-order valence-corrected chi connectivity index (χ4v) is 3.27. The third kappa shape index (κ3) is 5.00. The molecule has 0 bridgehead atoms. The van der Waals surface area contributed by atoms with Crippen molar-refractivity contribution in [2.45, 2.75) is 32.9 Å². The summed E-state index contributed by atoms with van der Waals surface area (Å²) in [5.74, 6) is 0.291. The zero-order valence-corrected chi connectivity index (χ0v) is 18.5. The third-order valence-corrected chi connectivity index (χ3v) is 5.19. The van der Waals surface area contributed by atoms with E-state index in [9.17, 15) is 19.7 Å². The van der Waals surface area contributed by atoms with E-state index in [1.54, 1.807) is 12.1 Å². The lowest BCUT2D eigenvalue weighted by atomic mass is 10.1. The van der Waals surface area contributed by atoms with Gasteiger partial charge in [-0.05, 0) is 42.7 Å². The Bertz CT molecular complexity index is 1080. The van der Waals surface area contributed by atoms with Crippen molar-refractivity contribution >= 4 is 35.3 Å². The van der Waals surface area contributed by atoms with Gasteiger partial charge in [-0.3, -0.25) is 19.8 Å². The van der Waals surface area contributed by atoms with Gasteiger partial charge in [0.05, 0.1) is 29.7 Å². The van der Waals surface area contributed by atoms with Gasteiger partial charge < -0.3 is 14.8 Å². The van der Waals surface area contributed by atoms with E-state index in [1.807, 2.05) is 13.8 Å². The summed E-state index contributed by atoms with van der Waals surface area (Å²) in [5, 5.41) is 13.6. The highest BCUT2D eigenvalue weighted by Crippen LogP contribution is 2.38. The average Bonchev–Trinajstić information content (AvgIpc) is 3.02. The molecule has 1 N–H and O–H groups in total. The molecule has 1 aliphatic heterocycles. The van der Waals surface area contributed by atoms with Crippen LogP contribution in [0, 0.1) is 10.1 Å². The van der Waals surface area contributed by atoms with Gasteiger partial charge >= 0.3 is 6.03 Å². The van der Waals surface area contributed by atoms with Crippen LogP contribution in [0.5, 0.6) is 11.5 Å². The number of non-ortho nitro benzene ring substituents is 1. The molecule has 0 aliphatic carbocycles. The summed E-state index contributed by atoms with van der Waals surface area (Å²) >= 11 is 6.37. The average molecular weight is 460 g/mol. The number of urea groups is 1. The third-order valence-electron chi connectivity index (χ3n) is 4.91. The van der Waals surface area contributed by atoms with Crippen LogP contribution >= 0.6 is 11.6 Å². The second kappa shape index (κ2) is 9.69. The largest absolute Gasteiger partial charge is 0.493 e. The molecule has 2 aromatic carbocycles. The van der Waals surface area contributed by atoms with Crippen molar-refractivity contribution in [2.24, 2.45) is 0 Å². The molecule has 1 fully saturated rings. The summed E-state index contributed by atoms with van der Waals surface area (Å²) in [5.41, 5.74) is 1.13. The molecular formula is C22H22ClN3O6. The summed E-state index contributed by atoms with van der Waals surface area (Å²) in [6.07, 6.45) is 2.22. The SMILES string of the molecule is CC[C@H](C)Oc1c(Cl)cc(/C=C2\NC(=O)N(Cc3ccc([N+](=O)[O-])cc3)C2=O)cc1OC. The first-order valence-electron chi connectivity index (χ1n) is 9.85. The van der Waals surface area contributed by atoms with E-state index in [4.69, 9.17) is 21.1 Å². The van der Waals surface area contributed by atoms with E-state index >= 15 is 0 Å². The van der Waals surface area contributed by atoms with Crippen LogP contribution in [0.4, 0.5) is 10.5 Å². The number of hydrogen-bond donors (Lipinski definition) is 1. The Morgan fingerprint density at radius 2 is 1.94 bits per heavy atom. The van der Waals surface area contributed by atoms with Crippen LogP contribution in [-0.4, -0.2) is 35.0 Å². The van der Waals surface area contributed by atoms with Gasteiger partial charge in [0.1, 0.15) is 5.70 Å². The van der Waals surface area contributed by atoms with Crippen LogP contribution in [0.15, 0.2) is 42.1 Å². The maximum absolute atomic E-state index is 12.8. The van der Waals surface area contributed by atoms with Crippen LogP contribution in [0.1, 0.15) is 31.4 Å². The molecule has 168 valence electrons. The molecule has 10 heteroatoms. The Labute approximate surface area is 189 Å².